The number of fused-ring (bicyclic) bond motifs is 1. The van der Waals surface area contributed by atoms with Crippen LogP contribution < -0.4 is 10.1 Å². The molecule has 188 valence electrons. The lowest BCUT2D eigenvalue weighted by atomic mass is 9.86. The van der Waals surface area contributed by atoms with Crippen LogP contribution in [0.25, 0.3) is 10.9 Å². The zero-order valence-electron chi connectivity index (χ0n) is 19.6. The molecule has 0 amide bonds. The van der Waals surface area contributed by atoms with Crippen LogP contribution in [0.2, 0.25) is 0 Å². The molecule has 1 fully saturated rings. The van der Waals surface area contributed by atoms with Gasteiger partial charge in [-0.25, -0.2) is 21.6 Å². The smallest absolute Gasteiger partial charge is 0.266 e. The normalized spacial score (nSPS) is 17.9. The Balaban J connectivity index is 1.78. The maximum absolute atomic E-state index is 14.7. The molecule has 0 spiro atoms. The molecule has 6 nitrogen and oxygen atoms in total. The van der Waals surface area contributed by atoms with Gasteiger partial charge in [0.15, 0.2) is 9.84 Å². The third-order valence-corrected chi connectivity index (χ3v) is 8.36. The largest absolute Gasteiger partial charge is 0.496 e. The summed E-state index contributed by atoms with van der Waals surface area (Å²) < 4.78 is 76.8. The van der Waals surface area contributed by atoms with Crippen molar-refractivity contribution in [1.29, 1.82) is 0 Å². The predicted molar refractivity (Wildman–Crippen MR) is 128 cm³/mol. The molecule has 1 aliphatic heterocycles. The molecule has 1 N–H and O–H groups in total. The number of ether oxygens (including phenoxy) is 2. The highest BCUT2D eigenvalue weighted by atomic mass is 32.2. The first-order chi connectivity index (χ1) is 16.6. The third kappa shape index (κ3) is 4.81. The Hall–Kier alpha value is -2.85. The lowest BCUT2D eigenvalue weighted by Crippen LogP contribution is -2.38. The summed E-state index contributed by atoms with van der Waals surface area (Å²) in [5.41, 5.74) is 0.521. The van der Waals surface area contributed by atoms with Gasteiger partial charge < -0.3 is 14.8 Å². The van der Waals surface area contributed by atoms with Gasteiger partial charge in [0, 0.05) is 41.6 Å². The van der Waals surface area contributed by atoms with Crippen LogP contribution in [0.5, 0.6) is 5.75 Å². The summed E-state index contributed by atoms with van der Waals surface area (Å²) in [7, 11) is -0.0661. The Morgan fingerprint density at radius 3 is 2.40 bits per heavy atom. The second kappa shape index (κ2) is 9.66. The highest BCUT2D eigenvalue weighted by Crippen LogP contribution is 2.44. The van der Waals surface area contributed by atoms with Crippen LogP contribution in [-0.4, -0.2) is 39.1 Å². The number of hydrogen-bond acceptors (Lipinski definition) is 6. The van der Waals surface area contributed by atoms with Crippen LogP contribution in [-0.2, 0) is 20.2 Å². The van der Waals surface area contributed by atoms with E-state index in [1.165, 1.54) is 19.2 Å². The SMILES string of the molecule is COc1cc2nccc(N[C@H](C)c3cccc(C(F)F)c3F)c2cc1C1(OC)CCS(=O)(=O)CC1. The van der Waals surface area contributed by atoms with Gasteiger partial charge >= 0.3 is 0 Å². The van der Waals surface area contributed by atoms with E-state index in [1.807, 2.05) is 6.07 Å². The molecule has 0 bridgehead atoms. The summed E-state index contributed by atoms with van der Waals surface area (Å²) >= 11 is 0. The molecule has 3 aromatic rings. The molecule has 0 saturated carbocycles. The second-order valence-electron chi connectivity index (χ2n) is 8.70. The van der Waals surface area contributed by atoms with Crippen LogP contribution in [0.15, 0.2) is 42.6 Å². The monoisotopic (exact) mass is 508 g/mol. The van der Waals surface area contributed by atoms with Gasteiger partial charge in [-0.05, 0) is 31.9 Å². The van der Waals surface area contributed by atoms with E-state index in [9.17, 15) is 21.6 Å². The Morgan fingerprint density at radius 1 is 1.09 bits per heavy atom. The minimum atomic E-state index is -3.14. The number of nitrogens with zero attached hydrogens (tertiary/aromatic N) is 1. The minimum Gasteiger partial charge on any atom is -0.496 e. The van der Waals surface area contributed by atoms with Crippen LogP contribution in [0, 0.1) is 5.82 Å². The van der Waals surface area contributed by atoms with Crippen molar-refractivity contribution in [2.45, 2.75) is 37.8 Å². The fourth-order valence-corrected chi connectivity index (χ4v) is 6.14. The first kappa shape index (κ1) is 25.2. The van der Waals surface area contributed by atoms with Crippen molar-refractivity contribution < 1.29 is 31.1 Å². The van der Waals surface area contributed by atoms with E-state index in [0.717, 1.165) is 6.07 Å². The van der Waals surface area contributed by atoms with Crippen LogP contribution in [0.4, 0.5) is 18.9 Å². The van der Waals surface area contributed by atoms with Gasteiger partial charge in [-0.3, -0.25) is 4.98 Å². The highest BCUT2D eigenvalue weighted by Gasteiger charge is 2.41. The third-order valence-electron chi connectivity index (χ3n) is 6.71. The van der Waals surface area contributed by atoms with Crippen molar-refractivity contribution in [2.24, 2.45) is 0 Å². The fourth-order valence-electron chi connectivity index (χ4n) is 4.66. The predicted octanol–water partition coefficient (Wildman–Crippen LogP) is 5.54. The molecule has 0 unspecified atom stereocenters. The number of benzene rings is 2. The number of methoxy groups -OCH3 is 2. The Morgan fingerprint density at radius 2 is 1.77 bits per heavy atom. The van der Waals surface area contributed by atoms with Gasteiger partial charge in [-0.1, -0.05) is 18.2 Å². The van der Waals surface area contributed by atoms with Crippen molar-refractivity contribution in [3.8, 4) is 5.75 Å². The molecular formula is C25H27F3N2O4S. The Kier molecular flexibility index (Phi) is 6.97. The first-order valence-electron chi connectivity index (χ1n) is 11.2. The van der Waals surface area contributed by atoms with E-state index in [1.54, 1.807) is 32.4 Å². The molecule has 10 heteroatoms. The van der Waals surface area contributed by atoms with Gasteiger partial charge in [0.1, 0.15) is 11.6 Å². The van der Waals surface area contributed by atoms with Crippen LogP contribution >= 0.6 is 0 Å². The van der Waals surface area contributed by atoms with E-state index in [-0.39, 0.29) is 29.9 Å². The van der Waals surface area contributed by atoms with Crippen LogP contribution in [0.3, 0.4) is 0 Å². The van der Waals surface area contributed by atoms with E-state index < -0.39 is 39.3 Å². The number of pyridine rings is 1. The summed E-state index contributed by atoms with van der Waals surface area (Å²) in [6.45, 7) is 1.69. The standard InChI is InChI=1S/C25H27F3N2O4S/c1-15(16-5-4-6-17(23(16)26)24(27)28)30-20-7-10-29-21-14-22(33-2)19(13-18(20)21)25(34-3)8-11-35(31,32)12-9-25/h4-7,10,13-15,24H,8-9,11-12H2,1-3H3,(H,29,30)/t15-/m1/s1. The average molecular weight is 509 g/mol. The van der Waals surface area contributed by atoms with Crippen LogP contribution in [0.1, 0.15) is 48.9 Å². The lowest BCUT2D eigenvalue weighted by Gasteiger charge is -2.37. The zero-order chi connectivity index (χ0) is 25.4. The molecule has 2 aromatic carbocycles. The molecule has 35 heavy (non-hydrogen) atoms. The minimum absolute atomic E-state index is 0.00301. The quantitative estimate of drug-likeness (QED) is 0.451. The number of nitrogens with one attached hydrogen (secondary N) is 1. The Bertz CT molecular complexity index is 1330. The number of halogens is 3. The summed E-state index contributed by atoms with van der Waals surface area (Å²) in [4.78, 5) is 4.41. The number of sulfone groups is 1. The summed E-state index contributed by atoms with van der Waals surface area (Å²) in [5, 5.41) is 3.90. The van der Waals surface area contributed by atoms with Gasteiger partial charge in [0.2, 0.25) is 0 Å². The zero-order valence-corrected chi connectivity index (χ0v) is 20.5. The molecular weight excluding hydrogens is 481 g/mol. The lowest BCUT2D eigenvalue weighted by molar-refractivity contribution is -0.0247. The van der Waals surface area contributed by atoms with E-state index in [0.29, 0.717) is 27.9 Å². The van der Waals surface area contributed by atoms with E-state index >= 15 is 0 Å². The molecule has 1 aromatic heterocycles. The van der Waals surface area contributed by atoms with Gasteiger partial charge in [-0.15, -0.1) is 0 Å². The molecule has 4 rings (SSSR count). The van der Waals surface area contributed by atoms with Crippen molar-refractivity contribution in [3.05, 3.63) is 65.1 Å². The highest BCUT2D eigenvalue weighted by molar-refractivity contribution is 7.91. The molecule has 1 atom stereocenters. The first-order valence-corrected chi connectivity index (χ1v) is 13.0. The maximum Gasteiger partial charge on any atom is 0.266 e. The number of aromatic nitrogens is 1. The summed E-state index contributed by atoms with van der Waals surface area (Å²) in [5.74, 6) is -0.425. The molecule has 2 heterocycles. The summed E-state index contributed by atoms with van der Waals surface area (Å²) in [6, 6.07) is 8.65. The van der Waals surface area contributed by atoms with Crippen molar-refractivity contribution in [1.82, 2.24) is 4.98 Å². The maximum atomic E-state index is 14.7. The fraction of sp³-hybridized carbons (Fsp3) is 0.400. The van der Waals surface area contributed by atoms with E-state index in [4.69, 9.17) is 9.47 Å². The van der Waals surface area contributed by atoms with Gasteiger partial charge in [0.25, 0.3) is 6.43 Å². The van der Waals surface area contributed by atoms with Crippen molar-refractivity contribution in [3.63, 3.8) is 0 Å². The van der Waals surface area contributed by atoms with E-state index in [2.05, 4.69) is 10.3 Å². The topological polar surface area (TPSA) is 77.5 Å². The summed E-state index contributed by atoms with van der Waals surface area (Å²) in [6.07, 6.45) is -0.775. The molecule has 1 aliphatic rings. The number of alkyl halides is 2. The van der Waals surface area contributed by atoms with Gasteiger partial charge in [-0.2, -0.15) is 0 Å². The number of anilines is 1. The average Bonchev–Trinajstić information content (AvgIpc) is 2.84. The van der Waals surface area contributed by atoms with Crippen molar-refractivity contribution >= 4 is 26.4 Å². The van der Waals surface area contributed by atoms with Crippen molar-refractivity contribution in [2.75, 3.05) is 31.0 Å². The molecule has 0 radical (unpaired) electrons. The second-order valence-corrected chi connectivity index (χ2v) is 11.0. The Labute approximate surface area is 202 Å². The number of rotatable bonds is 7. The van der Waals surface area contributed by atoms with Gasteiger partial charge in [0.05, 0.1) is 41.3 Å². The molecule has 0 aliphatic carbocycles. The number of hydrogen-bond donors (Lipinski definition) is 1. The molecule has 1 saturated heterocycles.